The number of aromatic amines is 1. The van der Waals surface area contributed by atoms with Gasteiger partial charge in [0.2, 0.25) is 0 Å². The molecule has 10 nitrogen and oxygen atoms in total. The van der Waals surface area contributed by atoms with Crippen molar-refractivity contribution in [2.24, 2.45) is 0 Å². The van der Waals surface area contributed by atoms with Crippen LogP contribution in [0.15, 0.2) is 72.1 Å². The molecule has 0 radical (unpaired) electrons. The van der Waals surface area contributed by atoms with Crippen molar-refractivity contribution in [3.05, 3.63) is 94.6 Å². The number of tetrazole rings is 1. The van der Waals surface area contributed by atoms with Gasteiger partial charge in [0.1, 0.15) is 5.82 Å². The van der Waals surface area contributed by atoms with Gasteiger partial charge < -0.3 is 9.88 Å². The molecule has 0 spiro atoms. The summed E-state index contributed by atoms with van der Waals surface area (Å²) in [4.78, 5) is 26.0. The lowest BCUT2D eigenvalue weighted by Crippen LogP contribution is -2.36. The van der Waals surface area contributed by atoms with E-state index in [9.17, 15) is 9.59 Å². The summed E-state index contributed by atoms with van der Waals surface area (Å²) in [6.45, 7) is 5.33. The lowest BCUT2D eigenvalue weighted by atomic mass is 9.78. The third-order valence-corrected chi connectivity index (χ3v) is 7.02. The van der Waals surface area contributed by atoms with Crippen molar-refractivity contribution in [3.63, 3.8) is 0 Å². The highest BCUT2D eigenvalue weighted by atomic mass is 16.2. The normalized spacial score (nSPS) is 14.1. The lowest BCUT2D eigenvalue weighted by Gasteiger charge is -2.31. The molecule has 0 saturated carbocycles. The number of nitrogens with zero attached hydrogens (tertiary/aromatic N) is 6. The number of hydrogen-bond donors (Lipinski definition) is 2. The van der Waals surface area contributed by atoms with Crippen LogP contribution in [0.5, 0.6) is 0 Å². The Labute approximate surface area is 220 Å². The first-order chi connectivity index (χ1) is 18.6. The fraction of sp³-hybridized carbons (Fsp3) is 0.321. The molecule has 5 rings (SSSR count). The van der Waals surface area contributed by atoms with Gasteiger partial charge in [-0.15, -0.1) is 5.10 Å². The van der Waals surface area contributed by atoms with Crippen molar-refractivity contribution < 1.29 is 4.79 Å². The van der Waals surface area contributed by atoms with Gasteiger partial charge in [0.05, 0.1) is 11.0 Å². The second-order valence-corrected chi connectivity index (χ2v) is 9.57. The third-order valence-electron chi connectivity index (χ3n) is 7.02. The summed E-state index contributed by atoms with van der Waals surface area (Å²) < 4.78 is 5.48. The zero-order valence-corrected chi connectivity index (χ0v) is 21.7. The van der Waals surface area contributed by atoms with E-state index in [0.717, 1.165) is 55.3 Å². The summed E-state index contributed by atoms with van der Waals surface area (Å²) in [6.07, 6.45) is 16.2. The number of benzene rings is 1. The number of nitrogens with one attached hydrogen (secondary N) is 2. The number of carbonyl (C=O) groups excluding carboxylic acids is 1. The molecule has 38 heavy (non-hydrogen) atoms. The minimum absolute atomic E-state index is 0.162. The molecule has 1 aliphatic heterocycles. The SMILES string of the molecule is CCCCc1cn(-c2c(C=O)ccn2CCC)c(=O)n1CC1(c2cccc(-c3nnn[nH]3)c2)C=CNC=C1. The van der Waals surface area contributed by atoms with Crippen LogP contribution >= 0.6 is 0 Å². The summed E-state index contributed by atoms with van der Waals surface area (Å²) in [5, 5.41) is 17.4. The van der Waals surface area contributed by atoms with Crippen molar-refractivity contribution >= 4 is 6.29 Å². The first-order valence-corrected chi connectivity index (χ1v) is 13.0. The molecule has 0 unspecified atom stereocenters. The molecule has 0 fully saturated rings. The Morgan fingerprint density at radius 1 is 1.11 bits per heavy atom. The number of hydrogen-bond acceptors (Lipinski definition) is 6. The fourth-order valence-electron chi connectivity index (χ4n) is 5.07. The Kier molecular flexibility index (Phi) is 7.21. The van der Waals surface area contributed by atoms with E-state index in [0.29, 0.717) is 23.8 Å². The zero-order chi connectivity index (χ0) is 26.5. The van der Waals surface area contributed by atoms with Crippen LogP contribution in [0.2, 0.25) is 0 Å². The number of aromatic nitrogens is 7. The number of unbranched alkanes of at least 4 members (excludes halogenated alkanes) is 1. The highest BCUT2D eigenvalue weighted by Crippen LogP contribution is 2.33. The molecule has 0 amide bonds. The van der Waals surface area contributed by atoms with E-state index in [1.54, 1.807) is 10.6 Å². The number of allylic oxidation sites excluding steroid dienone is 2. The molecule has 4 heterocycles. The van der Waals surface area contributed by atoms with Crippen LogP contribution in [0.1, 0.15) is 54.7 Å². The summed E-state index contributed by atoms with van der Waals surface area (Å²) in [5.74, 6) is 1.20. The number of H-pyrrole nitrogens is 1. The number of dihydropyridines is 1. The van der Waals surface area contributed by atoms with E-state index < -0.39 is 5.41 Å². The Morgan fingerprint density at radius 3 is 2.66 bits per heavy atom. The van der Waals surface area contributed by atoms with E-state index in [4.69, 9.17) is 0 Å². The van der Waals surface area contributed by atoms with Crippen molar-refractivity contribution in [1.29, 1.82) is 0 Å². The van der Waals surface area contributed by atoms with Gasteiger partial charge in [-0.3, -0.25) is 13.9 Å². The molecule has 1 aromatic carbocycles. The molecule has 0 aliphatic carbocycles. The van der Waals surface area contributed by atoms with Gasteiger partial charge in [-0.2, -0.15) is 0 Å². The molecule has 0 bridgehead atoms. The second-order valence-electron chi connectivity index (χ2n) is 9.57. The number of imidazole rings is 1. The Morgan fingerprint density at radius 2 is 1.95 bits per heavy atom. The zero-order valence-electron chi connectivity index (χ0n) is 21.7. The second kappa shape index (κ2) is 10.9. The maximum atomic E-state index is 14.1. The van der Waals surface area contributed by atoms with Crippen LogP contribution in [0.25, 0.3) is 17.2 Å². The molecular formula is C28H32N8O2. The van der Waals surface area contributed by atoms with Gasteiger partial charge in [-0.05, 0) is 59.8 Å². The van der Waals surface area contributed by atoms with Crippen molar-refractivity contribution in [2.75, 3.05) is 0 Å². The molecule has 0 saturated heterocycles. The van der Waals surface area contributed by atoms with Crippen LogP contribution < -0.4 is 11.0 Å². The van der Waals surface area contributed by atoms with Gasteiger partial charge in [-0.25, -0.2) is 9.89 Å². The summed E-state index contributed by atoms with van der Waals surface area (Å²) in [7, 11) is 0. The predicted octanol–water partition coefficient (Wildman–Crippen LogP) is 3.75. The smallest absolute Gasteiger partial charge is 0.334 e. The maximum absolute atomic E-state index is 14.1. The Bertz CT molecular complexity index is 1510. The maximum Gasteiger partial charge on any atom is 0.334 e. The highest BCUT2D eigenvalue weighted by Gasteiger charge is 2.32. The minimum Gasteiger partial charge on any atom is -0.368 e. The van der Waals surface area contributed by atoms with Crippen molar-refractivity contribution in [1.82, 2.24) is 39.6 Å². The lowest BCUT2D eigenvalue weighted by molar-refractivity contribution is 0.112. The number of aryl methyl sites for hydroxylation is 2. The standard InChI is InChI=1S/C28H32N8O2/c1-3-5-9-24-18-35(26-22(19-37)10-16-34(26)15-4-2)27(38)36(24)20-28(11-13-29-14-12-28)23-8-6-7-21(17-23)25-30-32-33-31-25/h6-8,10-14,16-19,29H,3-5,9,15,20H2,1-2H3,(H,30,31,32,33). The van der Waals surface area contributed by atoms with Crippen LogP contribution in [-0.2, 0) is 24.9 Å². The first-order valence-electron chi connectivity index (χ1n) is 13.0. The van der Waals surface area contributed by atoms with Crippen LogP contribution in [0, 0.1) is 0 Å². The quantitative estimate of drug-likeness (QED) is 0.296. The molecule has 0 atom stereocenters. The average molecular weight is 513 g/mol. The van der Waals surface area contributed by atoms with Gasteiger partial charge in [0.15, 0.2) is 12.1 Å². The molecule has 4 aromatic rings. The number of aldehydes is 1. The summed E-state index contributed by atoms with van der Waals surface area (Å²) in [5.41, 5.74) is 2.55. The van der Waals surface area contributed by atoms with Crippen molar-refractivity contribution in [3.8, 4) is 17.2 Å². The fourth-order valence-corrected chi connectivity index (χ4v) is 5.07. The van der Waals surface area contributed by atoms with Crippen LogP contribution in [-0.4, -0.2) is 40.6 Å². The third kappa shape index (κ3) is 4.65. The molecular weight excluding hydrogens is 480 g/mol. The molecule has 3 aromatic heterocycles. The molecule has 1 aliphatic rings. The predicted molar refractivity (Wildman–Crippen MR) is 145 cm³/mol. The van der Waals surface area contributed by atoms with E-state index >= 15 is 0 Å². The van der Waals surface area contributed by atoms with Gasteiger partial charge >= 0.3 is 5.69 Å². The van der Waals surface area contributed by atoms with Crippen molar-refractivity contribution in [2.45, 2.75) is 58.0 Å². The topological polar surface area (TPSA) is 115 Å². The Hall–Kier alpha value is -4.47. The van der Waals surface area contributed by atoms with E-state index in [1.807, 2.05) is 52.1 Å². The van der Waals surface area contributed by atoms with E-state index in [-0.39, 0.29) is 5.69 Å². The average Bonchev–Trinajstić information content (AvgIpc) is 3.69. The molecule has 196 valence electrons. The summed E-state index contributed by atoms with van der Waals surface area (Å²) in [6, 6.07) is 9.80. The first kappa shape index (κ1) is 25.2. The van der Waals surface area contributed by atoms with E-state index in [1.165, 1.54) is 0 Å². The Balaban J connectivity index is 1.64. The number of carbonyl (C=O) groups is 1. The van der Waals surface area contributed by atoms with Crippen LogP contribution in [0.4, 0.5) is 0 Å². The summed E-state index contributed by atoms with van der Waals surface area (Å²) >= 11 is 0. The van der Waals surface area contributed by atoms with E-state index in [2.05, 4.69) is 58.0 Å². The minimum atomic E-state index is -0.593. The van der Waals surface area contributed by atoms with Gasteiger partial charge in [-0.1, -0.05) is 50.6 Å². The van der Waals surface area contributed by atoms with Crippen LogP contribution in [0.3, 0.4) is 0 Å². The largest absolute Gasteiger partial charge is 0.368 e. The number of rotatable bonds is 11. The monoisotopic (exact) mass is 512 g/mol. The van der Waals surface area contributed by atoms with Gasteiger partial charge in [0, 0.05) is 36.7 Å². The highest BCUT2D eigenvalue weighted by molar-refractivity contribution is 5.80. The molecule has 2 N–H and O–H groups in total. The van der Waals surface area contributed by atoms with Gasteiger partial charge in [0.25, 0.3) is 0 Å². The molecule has 10 heteroatoms.